The van der Waals surface area contributed by atoms with Gasteiger partial charge in [0.2, 0.25) is 0 Å². The molecular weight excluding hydrogens is 332 g/mol. The third-order valence-corrected chi connectivity index (χ3v) is 4.60. The monoisotopic (exact) mass is 354 g/mol. The maximum Gasteiger partial charge on any atom is 0.293 e. The summed E-state index contributed by atoms with van der Waals surface area (Å²) in [4.78, 5) is 10.9. The van der Waals surface area contributed by atoms with E-state index in [0.29, 0.717) is 11.7 Å². The van der Waals surface area contributed by atoms with Crippen LogP contribution in [0.15, 0.2) is 22.7 Å². The predicted molar refractivity (Wildman–Crippen MR) is 89.6 cm³/mol. The van der Waals surface area contributed by atoms with Crippen LogP contribution in [0.5, 0.6) is 0 Å². The average Bonchev–Trinajstić information content (AvgIpc) is 2.40. The Bertz CT molecular complexity index is 505. The molecule has 116 valence electrons. The van der Waals surface area contributed by atoms with Crippen LogP contribution in [0.2, 0.25) is 0 Å². The number of nitrogens with one attached hydrogen (secondary N) is 1. The maximum atomic E-state index is 11.2. The summed E-state index contributed by atoms with van der Waals surface area (Å²) in [6.45, 7) is 4.52. The first-order valence-electron chi connectivity index (χ1n) is 7.66. The van der Waals surface area contributed by atoms with E-state index in [1.165, 1.54) is 19.3 Å². The van der Waals surface area contributed by atoms with Crippen LogP contribution in [-0.2, 0) is 0 Å². The molecule has 2 atom stereocenters. The Morgan fingerprint density at radius 2 is 2.19 bits per heavy atom. The first kappa shape index (κ1) is 16.3. The molecule has 0 saturated heterocycles. The molecule has 1 aliphatic rings. The molecule has 5 heteroatoms. The van der Waals surface area contributed by atoms with Crippen LogP contribution >= 0.6 is 15.9 Å². The second kappa shape index (κ2) is 7.25. The zero-order valence-electron chi connectivity index (χ0n) is 12.6. The molecular formula is C16H23BrN2O2. The molecule has 4 nitrogen and oxygen atoms in total. The van der Waals surface area contributed by atoms with E-state index in [1.807, 2.05) is 6.07 Å². The number of nitro groups is 1. The number of halogens is 1. The van der Waals surface area contributed by atoms with Gasteiger partial charge in [0, 0.05) is 16.6 Å². The van der Waals surface area contributed by atoms with Crippen molar-refractivity contribution >= 4 is 27.3 Å². The molecule has 0 heterocycles. The average molecular weight is 355 g/mol. The van der Waals surface area contributed by atoms with Gasteiger partial charge in [-0.2, -0.15) is 0 Å². The van der Waals surface area contributed by atoms with Crippen molar-refractivity contribution in [1.29, 1.82) is 0 Å². The molecule has 1 aromatic carbocycles. The van der Waals surface area contributed by atoms with E-state index >= 15 is 0 Å². The molecule has 0 aliphatic heterocycles. The summed E-state index contributed by atoms with van der Waals surface area (Å²) in [6.07, 6.45) is 5.96. The van der Waals surface area contributed by atoms with E-state index < -0.39 is 0 Å². The molecule has 1 aromatic rings. The van der Waals surface area contributed by atoms with Gasteiger partial charge < -0.3 is 5.32 Å². The Balaban J connectivity index is 2.06. The minimum Gasteiger partial charge on any atom is -0.377 e. The molecule has 0 aromatic heterocycles. The van der Waals surface area contributed by atoms with Crippen molar-refractivity contribution < 1.29 is 4.92 Å². The summed E-state index contributed by atoms with van der Waals surface area (Å²) in [5.41, 5.74) is 0.786. The van der Waals surface area contributed by atoms with Gasteiger partial charge in [-0.25, -0.2) is 0 Å². The van der Waals surface area contributed by atoms with Crippen LogP contribution in [0.1, 0.15) is 46.0 Å². The Labute approximate surface area is 134 Å². The minimum atomic E-state index is -0.318. The fourth-order valence-electron chi connectivity index (χ4n) is 3.30. The summed E-state index contributed by atoms with van der Waals surface area (Å²) in [7, 11) is 0. The largest absolute Gasteiger partial charge is 0.377 e. The molecule has 21 heavy (non-hydrogen) atoms. The van der Waals surface area contributed by atoms with Crippen LogP contribution in [0.4, 0.5) is 11.4 Å². The second-order valence-electron chi connectivity index (χ2n) is 6.42. The molecule has 1 fully saturated rings. The Hall–Kier alpha value is -1.10. The number of hydrogen-bond donors (Lipinski definition) is 1. The molecule has 1 N–H and O–H groups in total. The summed E-state index contributed by atoms with van der Waals surface area (Å²) >= 11 is 3.29. The van der Waals surface area contributed by atoms with Crippen molar-refractivity contribution in [3.05, 3.63) is 32.8 Å². The van der Waals surface area contributed by atoms with E-state index in [-0.39, 0.29) is 10.6 Å². The van der Waals surface area contributed by atoms with Crippen molar-refractivity contribution in [2.45, 2.75) is 52.0 Å². The van der Waals surface area contributed by atoms with Gasteiger partial charge in [-0.15, -0.1) is 0 Å². The topological polar surface area (TPSA) is 55.2 Å². The molecule has 2 rings (SSSR count). The number of anilines is 1. The number of nitro benzene ring substituents is 1. The van der Waals surface area contributed by atoms with Gasteiger partial charge >= 0.3 is 0 Å². The first-order valence-corrected chi connectivity index (χ1v) is 8.45. The van der Waals surface area contributed by atoms with Gasteiger partial charge in [0.1, 0.15) is 5.69 Å². The summed E-state index contributed by atoms with van der Waals surface area (Å²) in [6, 6.07) is 5.57. The third kappa shape index (κ3) is 4.70. The van der Waals surface area contributed by atoms with Gasteiger partial charge in [-0.05, 0) is 43.2 Å². The highest BCUT2D eigenvalue weighted by atomic mass is 79.9. The van der Waals surface area contributed by atoms with Crippen molar-refractivity contribution in [3.63, 3.8) is 0 Å². The SMILES string of the molecule is CC(C)CC1CCCC(Nc2ccc(Br)cc2[N+](=O)[O-])C1. The fourth-order valence-corrected chi connectivity index (χ4v) is 3.65. The quantitative estimate of drug-likeness (QED) is 0.570. The maximum absolute atomic E-state index is 11.2. The van der Waals surface area contributed by atoms with E-state index in [2.05, 4.69) is 35.1 Å². The number of benzene rings is 1. The van der Waals surface area contributed by atoms with Crippen LogP contribution < -0.4 is 5.32 Å². The van der Waals surface area contributed by atoms with Crippen LogP contribution in [-0.4, -0.2) is 11.0 Å². The van der Waals surface area contributed by atoms with Crippen LogP contribution in [0.3, 0.4) is 0 Å². The molecule has 2 unspecified atom stereocenters. The Morgan fingerprint density at radius 3 is 2.86 bits per heavy atom. The van der Waals surface area contributed by atoms with Crippen molar-refractivity contribution in [1.82, 2.24) is 0 Å². The smallest absolute Gasteiger partial charge is 0.293 e. The van der Waals surface area contributed by atoms with Crippen molar-refractivity contribution in [2.75, 3.05) is 5.32 Å². The summed E-state index contributed by atoms with van der Waals surface area (Å²) in [5, 5.41) is 14.6. The van der Waals surface area contributed by atoms with E-state index in [0.717, 1.165) is 29.2 Å². The lowest BCUT2D eigenvalue weighted by molar-refractivity contribution is -0.384. The Kier molecular flexibility index (Phi) is 5.62. The first-order chi connectivity index (χ1) is 9.95. The molecule has 0 bridgehead atoms. The highest BCUT2D eigenvalue weighted by Crippen LogP contribution is 2.34. The van der Waals surface area contributed by atoms with Crippen LogP contribution in [0, 0.1) is 22.0 Å². The fraction of sp³-hybridized carbons (Fsp3) is 0.625. The van der Waals surface area contributed by atoms with E-state index in [9.17, 15) is 10.1 Å². The lowest BCUT2D eigenvalue weighted by Gasteiger charge is -2.31. The molecule has 0 spiro atoms. The van der Waals surface area contributed by atoms with Gasteiger partial charge in [0.05, 0.1) is 4.92 Å². The number of rotatable bonds is 5. The molecule has 0 radical (unpaired) electrons. The summed E-state index contributed by atoms with van der Waals surface area (Å²) < 4.78 is 0.737. The standard InChI is InChI=1S/C16H23BrN2O2/c1-11(2)8-12-4-3-5-14(9-12)18-15-7-6-13(17)10-16(15)19(20)21/h6-7,10-12,14,18H,3-5,8-9H2,1-2H3. The zero-order valence-corrected chi connectivity index (χ0v) is 14.2. The highest BCUT2D eigenvalue weighted by molar-refractivity contribution is 9.10. The van der Waals surface area contributed by atoms with E-state index in [4.69, 9.17) is 0 Å². The molecule has 0 amide bonds. The van der Waals surface area contributed by atoms with Gasteiger partial charge in [-0.1, -0.05) is 42.6 Å². The zero-order chi connectivity index (χ0) is 15.4. The van der Waals surface area contributed by atoms with Gasteiger partial charge in [0.15, 0.2) is 0 Å². The number of nitrogens with zero attached hydrogens (tertiary/aromatic N) is 1. The van der Waals surface area contributed by atoms with Crippen molar-refractivity contribution in [3.8, 4) is 0 Å². The molecule has 1 aliphatic carbocycles. The summed E-state index contributed by atoms with van der Waals surface area (Å²) in [5.74, 6) is 1.46. The van der Waals surface area contributed by atoms with Gasteiger partial charge in [-0.3, -0.25) is 10.1 Å². The normalized spacial score (nSPS) is 22.3. The lowest BCUT2D eigenvalue weighted by atomic mass is 9.81. The van der Waals surface area contributed by atoms with Crippen molar-refractivity contribution in [2.24, 2.45) is 11.8 Å². The predicted octanol–water partition coefficient (Wildman–Crippen LogP) is 5.37. The van der Waals surface area contributed by atoms with Gasteiger partial charge in [0.25, 0.3) is 5.69 Å². The Morgan fingerprint density at radius 1 is 1.43 bits per heavy atom. The highest BCUT2D eigenvalue weighted by Gasteiger charge is 2.24. The third-order valence-electron chi connectivity index (χ3n) is 4.10. The number of hydrogen-bond acceptors (Lipinski definition) is 3. The lowest BCUT2D eigenvalue weighted by Crippen LogP contribution is -2.28. The van der Waals surface area contributed by atoms with Crippen LogP contribution in [0.25, 0.3) is 0 Å². The molecule has 1 saturated carbocycles. The second-order valence-corrected chi connectivity index (χ2v) is 7.34. The van der Waals surface area contributed by atoms with E-state index in [1.54, 1.807) is 12.1 Å². The minimum absolute atomic E-state index is 0.148.